The molecule has 0 spiro atoms. The van der Waals surface area contributed by atoms with Crippen LogP contribution in [0.4, 0.5) is 5.69 Å². The van der Waals surface area contributed by atoms with Gasteiger partial charge in [-0.25, -0.2) is 16.8 Å². The summed E-state index contributed by atoms with van der Waals surface area (Å²) in [6.45, 7) is 2.06. The molecule has 12 heteroatoms. The Morgan fingerprint density at radius 2 is 1.70 bits per heavy atom. The number of aryl methyl sites for hydroxylation is 1. The third-order valence-corrected chi connectivity index (χ3v) is 6.85. The van der Waals surface area contributed by atoms with E-state index >= 15 is 0 Å². The molecule has 0 atom stereocenters. The van der Waals surface area contributed by atoms with Crippen LogP contribution in [0, 0.1) is 0 Å². The average molecular weight is 457 g/mol. The van der Waals surface area contributed by atoms with Gasteiger partial charge in [-0.3, -0.25) is 14.3 Å². The predicted molar refractivity (Wildman–Crippen MR) is 113 cm³/mol. The van der Waals surface area contributed by atoms with E-state index in [-0.39, 0.29) is 27.3 Å². The molecule has 0 radical (unpaired) electrons. The van der Waals surface area contributed by atoms with Crippen LogP contribution in [-0.2, 0) is 32.5 Å². The number of nitrogens with one attached hydrogen (secondary N) is 2. The lowest BCUT2D eigenvalue weighted by Gasteiger charge is -2.33. The van der Waals surface area contributed by atoms with E-state index in [1.54, 1.807) is 4.90 Å². The maximum Gasteiger partial charge on any atom is 0.277 e. The number of sulfone groups is 2. The van der Waals surface area contributed by atoms with Crippen LogP contribution in [0.1, 0.15) is 21.5 Å². The molecule has 30 heavy (non-hydrogen) atoms. The summed E-state index contributed by atoms with van der Waals surface area (Å²) in [5.41, 5.74) is -0.400. The van der Waals surface area contributed by atoms with Crippen LogP contribution in [0.25, 0.3) is 0 Å². The predicted octanol–water partition coefficient (Wildman–Crippen LogP) is -0.698. The van der Waals surface area contributed by atoms with Gasteiger partial charge in [0.2, 0.25) is 5.78 Å². The summed E-state index contributed by atoms with van der Waals surface area (Å²) < 4.78 is 50.5. The largest absolute Gasteiger partial charge is 0.368 e. The van der Waals surface area contributed by atoms with Crippen LogP contribution >= 0.6 is 0 Å². The number of ketones is 1. The number of piperazine rings is 1. The number of rotatable bonds is 6. The monoisotopic (exact) mass is 456 g/mol. The van der Waals surface area contributed by atoms with E-state index in [0.29, 0.717) is 26.2 Å². The molecular weight excluding hydrogens is 432 g/mol. The van der Waals surface area contributed by atoms with Gasteiger partial charge in [-0.05, 0) is 12.1 Å². The Balaban J connectivity index is 2.33. The van der Waals surface area contributed by atoms with Crippen LogP contribution in [-0.4, -0.2) is 71.1 Å². The minimum absolute atomic E-state index is 0.00180. The topological polar surface area (TPSA) is 138 Å². The van der Waals surface area contributed by atoms with E-state index in [4.69, 9.17) is 0 Å². The van der Waals surface area contributed by atoms with Crippen LogP contribution in [0.2, 0.25) is 0 Å². The van der Waals surface area contributed by atoms with Crippen molar-refractivity contribution in [1.82, 2.24) is 15.1 Å². The second-order valence-electron chi connectivity index (χ2n) is 7.40. The normalized spacial score (nSPS) is 15.4. The van der Waals surface area contributed by atoms with E-state index in [0.717, 1.165) is 17.2 Å². The summed E-state index contributed by atoms with van der Waals surface area (Å²) in [6.07, 6.45) is 3.32. The zero-order chi connectivity index (χ0) is 22.3. The van der Waals surface area contributed by atoms with Gasteiger partial charge in [0.05, 0.1) is 16.3 Å². The van der Waals surface area contributed by atoms with Crippen LogP contribution in [0.3, 0.4) is 0 Å². The van der Waals surface area contributed by atoms with Crippen molar-refractivity contribution in [3.05, 3.63) is 45.4 Å². The molecule has 1 aromatic carbocycles. The highest BCUT2D eigenvalue weighted by Gasteiger charge is 2.30. The Kier molecular flexibility index (Phi) is 5.94. The molecule has 1 saturated heterocycles. The standard InChI is InChI=1S/C18H24N4O6S2/c1-21-18(24)13(10-20-21)17(23)12-4-5-15(30(3,27)28)16(14(12)11-29(2,25)26)22-8-6-19-7-9-22/h4-5,10,19-20H,6-9,11H2,1-3H3. The number of nitrogens with zero attached hydrogens (tertiary/aromatic N) is 2. The molecule has 1 aliphatic heterocycles. The quantitative estimate of drug-likeness (QED) is 0.544. The first-order valence-corrected chi connectivity index (χ1v) is 13.1. The summed E-state index contributed by atoms with van der Waals surface area (Å²) in [4.78, 5) is 27.2. The van der Waals surface area contributed by atoms with Gasteiger partial charge in [0, 0.05) is 63.1 Å². The second-order valence-corrected chi connectivity index (χ2v) is 11.5. The number of carbonyl (C=O) groups is 1. The Hall–Kier alpha value is -2.44. The third kappa shape index (κ3) is 4.50. The van der Waals surface area contributed by atoms with Crippen LogP contribution in [0.5, 0.6) is 0 Å². The molecule has 3 rings (SSSR count). The first kappa shape index (κ1) is 22.2. The molecular formula is C18H24N4O6S2. The second kappa shape index (κ2) is 8.00. The molecule has 0 unspecified atom stereocenters. The van der Waals surface area contributed by atoms with Gasteiger partial charge in [0.1, 0.15) is 5.56 Å². The van der Waals surface area contributed by atoms with Crippen molar-refractivity contribution in [2.24, 2.45) is 7.05 Å². The van der Waals surface area contributed by atoms with Crippen molar-refractivity contribution in [3.8, 4) is 0 Å². The number of H-pyrrole nitrogens is 1. The molecule has 10 nitrogen and oxygen atoms in total. The van der Waals surface area contributed by atoms with Gasteiger partial charge in [0.25, 0.3) is 5.56 Å². The van der Waals surface area contributed by atoms with E-state index in [1.165, 1.54) is 25.4 Å². The van der Waals surface area contributed by atoms with Gasteiger partial charge < -0.3 is 15.3 Å². The van der Waals surface area contributed by atoms with E-state index < -0.39 is 36.8 Å². The minimum Gasteiger partial charge on any atom is -0.368 e. The molecule has 0 amide bonds. The molecule has 1 fully saturated rings. The van der Waals surface area contributed by atoms with Gasteiger partial charge in [-0.1, -0.05) is 0 Å². The molecule has 1 aliphatic rings. The number of hydrogen-bond acceptors (Lipinski definition) is 8. The molecule has 1 aromatic heterocycles. The Morgan fingerprint density at radius 3 is 2.20 bits per heavy atom. The summed E-state index contributed by atoms with van der Waals surface area (Å²) in [5.74, 6) is -1.19. The number of aromatic amines is 1. The minimum atomic E-state index is -3.71. The van der Waals surface area contributed by atoms with Gasteiger partial charge >= 0.3 is 0 Å². The fourth-order valence-corrected chi connectivity index (χ4v) is 5.28. The fraction of sp³-hybridized carbons (Fsp3) is 0.444. The Bertz CT molecular complexity index is 1250. The molecule has 0 saturated carbocycles. The number of aromatic nitrogens is 2. The summed E-state index contributed by atoms with van der Waals surface area (Å²) >= 11 is 0. The summed E-state index contributed by atoms with van der Waals surface area (Å²) in [7, 11) is -5.88. The molecule has 2 aromatic rings. The van der Waals surface area contributed by atoms with Crippen molar-refractivity contribution >= 4 is 31.1 Å². The third-order valence-electron chi connectivity index (χ3n) is 4.91. The smallest absolute Gasteiger partial charge is 0.277 e. The Labute approximate surface area is 174 Å². The lowest BCUT2D eigenvalue weighted by Crippen LogP contribution is -2.44. The summed E-state index contributed by atoms with van der Waals surface area (Å²) in [5, 5.41) is 5.78. The number of benzene rings is 1. The highest BCUT2D eigenvalue weighted by Crippen LogP contribution is 2.34. The number of anilines is 1. The van der Waals surface area contributed by atoms with Crippen molar-refractivity contribution < 1.29 is 21.6 Å². The Morgan fingerprint density at radius 1 is 1.07 bits per heavy atom. The first-order chi connectivity index (χ1) is 13.9. The van der Waals surface area contributed by atoms with Gasteiger partial charge in [-0.15, -0.1) is 0 Å². The van der Waals surface area contributed by atoms with Crippen molar-refractivity contribution in [2.75, 3.05) is 43.6 Å². The van der Waals surface area contributed by atoms with Crippen molar-refractivity contribution in [2.45, 2.75) is 10.6 Å². The molecule has 0 aliphatic carbocycles. The van der Waals surface area contributed by atoms with Gasteiger partial charge in [0.15, 0.2) is 19.7 Å². The summed E-state index contributed by atoms with van der Waals surface area (Å²) in [6, 6.07) is 2.60. The van der Waals surface area contributed by atoms with Gasteiger partial charge in [-0.2, -0.15) is 0 Å². The van der Waals surface area contributed by atoms with E-state index in [2.05, 4.69) is 10.4 Å². The van der Waals surface area contributed by atoms with Crippen LogP contribution < -0.4 is 15.8 Å². The number of hydrogen-bond donors (Lipinski definition) is 2. The molecule has 164 valence electrons. The highest BCUT2D eigenvalue weighted by atomic mass is 32.2. The fourth-order valence-electron chi connectivity index (χ4n) is 3.54. The first-order valence-electron chi connectivity index (χ1n) is 9.18. The molecule has 2 heterocycles. The zero-order valence-corrected chi connectivity index (χ0v) is 18.6. The number of carbonyl (C=O) groups excluding carboxylic acids is 1. The maximum atomic E-state index is 13.2. The van der Waals surface area contributed by atoms with E-state index in [1.807, 2.05) is 0 Å². The lowest BCUT2D eigenvalue weighted by molar-refractivity contribution is 0.103. The van der Waals surface area contributed by atoms with Crippen molar-refractivity contribution in [3.63, 3.8) is 0 Å². The van der Waals surface area contributed by atoms with Crippen molar-refractivity contribution in [1.29, 1.82) is 0 Å². The molecule has 0 bridgehead atoms. The average Bonchev–Trinajstić information content (AvgIpc) is 2.98. The SMILES string of the molecule is Cn1[nH]cc(C(=O)c2ccc(S(C)(=O)=O)c(N3CCNCC3)c2CS(C)(=O)=O)c1=O. The maximum absolute atomic E-state index is 13.2. The van der Waals surface area contributed by atoms with E-state index in [9.17, 15) is 26.4 Å². The lowest BCUT2D eigenvalue weighted by atomic mass is 9.98. The zero-order valence-electron chi connectivity index (χ0n) is 16.9. The van der Waals surface area contributed by atoms with Crippen LogP contribution in [0.15, 0.2) is 28.0 Å². The molecule has 2 N–H and O–H groups in total. The highest BCUT2D eigenvalue weighted by molar-refractivity contribution is 7.91.